The number of fused-ring (bicyclic) bond motifs is 1. The fourth-order valence-corrected chi connectivity index (χ4v) is 3.48. The highest BCUT2D eigenvalue weighted by Gasteiger charge is 2.16. The van der Waals surface area contributed by atoms with E-state index in [4.69, 9.17) is 4.74 Å². The van der Waals surface area contributed by atoms with E-state index in [-0.39, 0.29) is 10.6 Å². The van der Waals surface area contributed by atoms with Crippen molar-refractivity contribution >= 4 is 16.5 Å². The molecule has 6 nitrogen and oxygen atoms in total. The second-order valence-corrected chi connectivity index (χ2v) is 6.51. The summed E-state index contributed by atoms with van der Waals surface area (Å²) in [4.78, 5) is 17.0. The molecule has 26 heavy (non-hydrogen) atoms. The van der Waals surface area contributed by atoms with Crippen LogP contribution in [0, 0.1) is 10.1 Å². The third-order valence-corrected chi connectivity index (χ3v) is 4.86. The molecule has 1 aliphatic heterocycles. The van der Waals surface area contributed by atoms with Crippen LogP contribution in [0.1, 0.15) is 5.69 Å². The first-order chi connectivity index (χ1) is 12.7. The number of ether oxygens (including phenoxy) is 1. The second kappa shape index (κ2) is 7.19. The Balaban J connectivity index is 1.65. The van der Waals surface area contributed by atoms with Crippen molar-refractivity contribution in [3.05, 3.63) is 70.5 Å². The number of nitro benzene ring substituents is 1. The van der Waals surface area contributed by atoms with E-state index in [9.17, 15) is 10.1 Å². The molecule has 1 saturated heterocycles. The number of pyridine rings is 1. The fraction of sp³-hybridized carbons (Fsp3) is 0.250. The first-order valence-corrected chi connectivity index (χ1v) is 8.75. The van der Waals surface area contributed by atoms with Crippen LogP contribution in [0.3, 0.4) is 0 Å². The first-order valence-electron chi connectivity index (χ1n) is 8.75. The molecular weight excluding hydrogens is 330 g/mol. The molecule has 0 bridgehead atoms. The molecule has 1 aliphatic rings. The third kappa shape index (κ3) is 3.29. The van der Waals surface area contributed by atoms with Gasteiger partial charge in [-0.05, 0) is 29.1 Å². The zero-order valence-corrected chi connectivity index (χ0v) is 14.4. The maximum Gasteiger partial charge on any atom is 0.277 e. The van der Waals surface area contributed by atoms with Crippen LogP contribution >= 0.6 is 0 Å². The highest BCUT2D eigenvalue weighted by molar-refractivity contribution is 6.01. The number of nitro groups is 1. The molecular formula is C20H20N3O3+. The van der Waals surface area contributed by atoms with Crippen LogP contribution in [0.2, 0.25) is 0 Å². The molecule has 1 N–H and O–H groups in total. The van der Waals surface area contributed by atoms with Gasteiger partial charge < -0.3 is 9.64 Å². The van der Waals surface area contributed by atoms with Crippen LogP contribution < -0.4 is 4.90 Å². The average Bonchev–Trinajstić information content (AvgIpc) is 2.68. The molecule has 2 heterocycles. The number of nitrogens with zero attached hydrogens (tertiary/aromatic N) is 2. The maximum atomic E-state index is 11.3. The molecule has 1 aromatic heterocycles. The fourth-order valence-electron chi connectivity index (χ4n) is 3.48. The quantitative estimate of drug-likeness (QED) is 0.579. The summed E-state index contributed by atoms with van der Waals surface area (Å²) in [5, 5.41) is 12.8. The highest BCUT2D eigenvalue weighted by atomic mass is 16.6. The van der Waals surface area contributed by atoms with Gasteiger partial charge >= 0.3 is 0 Å². The average molecular weight is 350 g/mol. The van der Waals surface area contributed by atoms with Gasteiger partial charge in [0.05, 0.1) is 29.2 Å². The van der Waals surface area contributed by atoms with Crippen molar-refractivity contribution in [2.75, 3.05) is 26.3 Å². The minimum atomic E-state index is -0.335. The van der Waals surface area contributed by atoms with E-state index in [2.05, 4.69) is 11.1 Å². The molecule has 132 valence electrons. The van der Waals surface area contributed by atoms with Crippen molar-refractivity contribution in [2.45, 2.75) is 6.54 Å². The predicted molar refractivity (Wildman–Crippen MR) is 99.1 cm³/mol. The van der Waals surface area contributed by atoms with Gasteiger partial charge in [0.25, 0.3) is 5.69 Å². The van der Waals surface area contributed by atoms with Gasteiger partial charge in [-0.3, -0.25) is 15.1 Å². The van der Waals surface area contributed by atoms with Gasteiger partial charge in [0.15, 0.2) is 0 Å². The van der Waals surface area contributed by atoms with Crippen molar-refractivity contribution in [3.8, 4) is 11.1 Å². The van der Waals surface area contributed by atoms with Crippen LogP contribution in [0.15, 0.2) is 54.7 Å². The van der Waals surface area contributed by atoms with Crippen LogP contribution in [0.25, 0.3) is 21.9 Å². The normalized spacial score (nSPS) is 15.2. The number of benzene rings is 2. The third-order valence-electron chi connectivity index (χ3n) is 4.86. The van der Waals surface area contributed by atoms with E-state index in [1.165, 1.54) is 4.90 Å². The SMILES string of the molecule is O=[N+]([O-])c1ccc(-c2ccc(C[NH+]3CCOCC3)nc2)c2ccccc12. The van der Waals surface area contributed by atoms with Crippen molar-refractivity contribution < 1.29 is 14.6 Å². The lowest BCUT2D eigenvalue weighted by molar-refractivity contribution is -0.921. The van der Waals surface area contributed by atoms with Gasteiger partial charge in [-0.25, -0.2) is 0 Å². The number of hydrogen-bond donors (Lipinski definition) is 1. The highest BCUT2D eigenvalue weighted by Crippen LogP contribution is 2.33. The number of aromatic nitrogens is 1. The standard InChI is InChI=1S/C20H19N3O3/c24-23(25)20-8-7-17(18-3-1-2-4-19(18)20)15-5-6-16(21-13-15)14-22-9-11-26-12-10-22/h1-8,13H,9-12,14H2/p+1. The monoisotopic (exact) mass is 350 g/mol. The van der Waals surface area contributed by atoms with Crippen molar-refractivity contribution in [2.24, 2.45) is 0 Å². The van der Waals surface area contributed by atoms with Crippen molar-refractivity contribution in [1.29, 1.82) is 0 Å². The van der Waals surface area contributed by atoms with E-state index in [1.54, 1.807) is 12.1 Å². The summed E-state index contributed by atoms with van der Waals surface area (Å²) in [7, 11) is 0. The number of morpholine rings is 1. The van der Waals surface area contributed by atoms with Crippen LogP contribution in [-0.2, 0) is 11.3 Å². The molecule has 0 radical (unpaired) electrons. The molecule has 0 spiro atoms. The summed E-state index contributed by atoms with van der Waals surface area (Å²) in [6, 6.07) is 14.9. The molecule has 6 heteroatoms. The number of nitrogens with one attached hydrogen (secondary N) is 1. The van der Waals surface area contributed by atoms with Gasteiger partial charge in [-0.15, -0.1) is 0 Å². The van der Waals surface area contributed by atoms with Gasteiger partial charge in [0.1, 0.15) is 19.6 Å². The van der Waals surface area contributed by atoms with E-state index < -0.39 is 0 Å². The minimum absolute atomic E-state index is 0.129. The van der Waals surface area contributed by atoms with Crippen LogP contribution in [-0.4, -0.2) is 36.2 Å². The largest absolute Gasteiger partial charge is 0.370 e. The van der Waals surface area contributed by atoms with E-state index in [0.717, 1.165) is 55.1 Å². The Labute approximate surface area is 151 Å². The lowest BCUT2D eigenvalue weighted by atomic mass is 9.98. The summed E-state index contributed by atoms with van der Waals surface area (Å²) >= 11 is 0. The zero-order chi connectivity index (χ0) is 17.9. The van der Waals surface area contributed by atoms with Gasteiger partial charge in [-0.2, -0.15) is 0 Å². The summed E-state index contributed by atoms with van der Waals surface area (Å²) in [5.74, 6) is 0. The summed E-state index contributed by atoms with van der Waals surface area (Å²) in [6.07, 6.45) is 1.86. The Morgan fingerprint density at radius 2 is 1.81 bits per heavy atom. The van der Waals surface area contributed by atoms with Gasteiger partial charge in [0, 0.05) is 17.8 Å². The lowest BCUT2D eigenvalue weighted by Gasteiger charge is -2.23. The lowest BCUT2D eigenvalue weighted by Crippen LogP contribution is -3.12. The van der Waals surface area contributed by atoms with Gasteiger partial charge in [-0.1, -0.05) is 24.3 Å². The molecule has 2 aromatic carbocycles. The molecule has 0 saturated carbocycles. The maximum absolute atomic E-state index is 11.3. The van der Waals surface area contributed by atoms with E-state index in [1.807, 2.05) is 36.5 Å². The minimum Gasteiger partial charge on any atom is -0.370 e. The summed E-state index contributed by atoms with van der Waals surface area (Å²) < 4.78 is 5.39. The Bertz CT molecular complexity index is 935. The van der Waals surface area contributed by atoms with E-state index in [0.29, 0.717) is 5.39 Å². The molecule has 0 amide bonds. The van der Waals surface area contributed by atoms with Crippen molar-refractivity contribution in [1.82, 2.24) is 4.98 Å². The molecule has 3 aromatic rings. The molecule has 1 fully saturated rings. The number of rotatable bonds is 4. The van der Waals surface area contributed by atoms with Gasteiger partial charge in [0.2, 0.25) is 0 Å². The zero-order valence-electron chi connectivity index (χ0n) is 14.4. The molecule has 0 unspecified atom stereocenters. The molecule has 4 rings (SSSR count). The van der Waals surface area contributed by atoms with E-state index >= 15 is 0 Å². The number of non-ortho nitro benzene ring substituents is 1. The summed E-state index contributed by atoms with van der Waals surface area (Å²) in [6.45, 7) is 4.53. The number of quaternary nitrogens is 1. The Morgan fingerprint density at radius 3 is 2.50 bits per heavy atom. The smallest absolute Gasteiger partial charge is 0.277 e. The van der Waals surface area contributed by atoms with Crippen LogP contribution in [0.5, 0.6) is 0 Å². The Hall–Kier alpha value is -2.83. The predicted octanol–water partition coefficient (Wildman–Crippen LogP) is 2.23. The molecule has 0 aliphatic carbocycles. The molecule has 0 atom stereocenters. The van der Waals surface area contributed by atoms with Crippen molar-refractivity contribution in [3.63, 3.8) is 0 Å². The Morgan fingerprint density at radius 1 is 1.04 bits per heavy atom. The summed E-state index contributed by atoms with van der Waals surface area (Å²) in [5.41, 5.74) is 3.11. The number of hydrogen-bond acceptors (Lipinski definition) is 4. The van der Waals surface area contributed by atoms with Crippen LogP contribution in [0.4, 0.5) is 5.69 Å². The second-order valence-electron chi connectivity index (χ2n) is 6.51. The topological polar surface area (TPSA) is 69.7 Å². The Kier molecular flexibility index (Phi) is 4.60. The first kappa shape index (κ1) is 16.6.